The molecule has 0 spiro atoms. The van der Waals surface area contributed by atoms with Crippen molar-refractivity contribution in [1.29, 1.82) is 5.26 Å². The van der Waals surface area contributed by atoms with Crippen LogP contribution in [0.3, 0.4) is 0 Å². The molecule has 1 saturated heterocycles. The lowest BCUT2D eigenvalue weighted by molar-refractivity contribution is -0.149. The summed E-state index contributed by atoms with van der Waals surface area (Å²) in [5.74, 6) is -0.451. The Kier molecular flexibility index (Phi) is 5.18. The van der Waals surface area contributed by atoms with Crippen molar-refractivity contribution >= 4 is 17.6 Å². The van der Waals surface area contributed by atoms with E-state index in [0.717, 1.165) is 5.56 Å². The summed E-state index contributed by atoms with van der Waals surface area (Å²) in [4.78, 5) is 26.2. The molecule has 1 heterocycles. The average molecular weight is 350 g/mol. The van der Waals surface area contributed by atoms with Crippen LogP contribution in [0.15, 0.2) is 48.5 Å². The number of para-hydroxylation sites is 2. The van der Waals surface area contributed by atoms with Crippen molar-refractivity contribution in [1.82, 2.24) is 0 Å². The van der Waals surface area contributed by atoms with Gasteiger partial charge in [-0.1, -0.05) is 24.3 Å². The van der Waals surface area contributed by atoms with Crippen LogP contribution in [0.1, 0.15) is 17.5 Å². The van der Waals surface area contributed by atoms with Gasteiger partial charge in [0.25, 0.3) is 0 Å². The van der Waals surface area contributed by atoms with E-state index < -0.39 is 11.9 Å². The second kappa shape index (κ2) is 7.70. The number of amides is 1. The average Bonchev–Trinajstić information content (AvgIpc) is 3.08. The smallest absolute Gasteiger partial charge is 0.311 e. The molecule has 3 rings (SSSR count). The van der Waals surface area contributed by atoms with Crippen LogP contribution in [0.25, 0.3) is 0 Å². The molecule has 2 aromatic rings. The number of esters is 1. The number of ether oxygens (including phenoxy) is 2. The summed E-state index contributed by atoms with van der Waals surface area (Å²) in [6.07, 6.45) is 0.115. The number of carbonyl (C=O) groups excluding carboxylic acids is 2. The highest BCUT2D eigenvalue weighted by molar-refractivity contribution is 6.00. The lowest BCUT2D eigenvalue weighted by atomic mass is 10.1. The van der Waals surface area contributed by atoms with Crippen LogP contribution >= 0.6 is 0 Å². The van der Waals surface area contributed by atoms with Gasteiger partial charge < -0.3 is 14.4 Å². The molecule has 0 aromatic heterocycles. The van der Waals surface area contributed by atoms with E-state index in [0.29, 0.717) is 17.0 Å². The van der Waals surface area contributed by atoms with Gasteiger partial charge in [-0.05, 0) is 29.8 Å². The third-order valence-corrected chi connectivity index (χ3v) is 4.30. The third kappa shape index (κ3) is 3.67. The van der Waals surface area contributed by atoms with Gasteiger partial charge in [0.05, 0.1) is 30.3 Å². The lowest BCUT2D eigenvalue weighted by Gasteiger charge is -2.19. The number of nitrogens with zero attached hydrogens (tertiary/aromatic N) is 2. The number of rotatable bonds is 5. The van der Waals surface area contributed by atoms with Crippen molar-refractivity contribution < 1.29 is 19.1 Å². The predicted molar refractivity (Wildman–Crippen MR) is 94.4 cm³/mol. The molecule has 0 N–H and O–H groups in total. The van der Waals surface area contributed by atoms with Gasteiger partial charge in [-0.2, -0.15) is 5.26 Å². The van der Waals surface area contributed by atoms with Crippen molar-refractivity contribution in [2.75, 3.05) is 18.6 Å². The van der Waals surface area contributed by atoms with Crippen LogP contribution < -0.4 is 9.64 Å². The zero-order valence-corrected chi connectivity index (χ0v) is 14.3. The maximum Gasteiger partial charge on any atom is 0.311 e. The van der Waals surface area contributed by atoms with Gasteiger partial charge in [0.2, 0.25) is 5.91 Å². The highest BCUT2D eigenvalue weighted by atomic mass is 16.5. The fraction of sp³-hybridized carbons (Fsp3) is 0.250. The predicted octanol–water partition coefficient (Wildman–Crippen LogP) is 2.66. The standard InChI is InChI=1S/C20H18N2O4/c1-25-18-5-3-2-4-17(18)22-12-16(10-19(22)23)20(24)26-13-15-8-6-14(11-21)7-9-15/h2-9,16H,10,12-13H2,1H3/t16-/m1/s1. The Balaban J connectivity index is 1.62. The maximum atomic E-state index is 12.3. The Morgan fingerprint density at radius 1 is 1.23 bits per heavy atom. The van der Waals surface area contributed by atoms with Crippen molar-refractivity contribution in [2.24, 2.45) is 5.92 Å². The molecule has 1 aliphatic heterocycles. The van der Waals surface area contributed by atoms with E-state index in [1.807, 2.05) is 18.2 Å². The molecule has 1 atom stereocenters. The zero-order chi connectivity index (χ0) is 18.5. The van der Waals surface area contributed by atoms with E-state index in [1.165, 1.54) is 0 Å². The summed E-state index contributed by atoms with van der Waals surface area (Å²) in [6.45, 7) is 0.384. The Bertz CT molecular complexity index is 855. The molecule has 0 radical (unpaired) electrons. The van der Waals surface area contributed by atoms with E-state index in [-0.39, 0.29) is 25.5 Å². The number of nitriles is 1. The molecular weight excluding hydrogens is 332 g/mol. The fourth-order valence-corrected chi connectivity index (χ4v) is 2.90. The van der Waals surface area contributed by atoms with Crippen LogP contribution in [0.4, 0.5) is 5.69 Å². The molecular formula is C20H18N2O4. The van der Waals surface area contributed by atoms with E-state index in [1.54, 1.807) is 48.4 Å². The molecule has 132 valence electrons. The normalized spacial score (nSPS) is 16.2. The summed E-state index contributed by atoms with van der Waals surface area (Å²) in [6, 6.07) is 16.1. The first-order valence-electron chi connectivity index (χ1n) is 8.21. The highest BCUT2D eigenvalue weighted by Gasteiger charge is 2.37. The van der Waals surface area contributed by atoms with Gasteiger partial charge in [0, 0.05) is 13.0 Å². The lowest BCUT2D eigenvalue weighted by Crippen LogP contribution is -2.26. The molecule has 6 nitrogen and oxygen atoms in total. The molecule has 6 heteroatoms. The largest absolute Gasteiger partial charge is 0.495 e. The minimum absolute atomic E-state index is 0.115. The van der Waals surface area contributed by atoms with Crippen LogP contribution in [0.2, 0.25) is 0 Å². The van der Waals surface area contributed by atoms with Gasteiger partial charge in [0.15, 0.2) is 0 Å². The maximum absolute atomic E-state index is 12.3. The summed E-state index contributed by atoms with van der Waals surface area (Å²) in [5.41, 5.74) is 2.00. The second-order valence-electron chi connectivity index (χ2n) is 5.99. The first-order valence-corrected chi connectivity index (χ1v) is 8.21. The molecule has 0 unspecified atom stereocenters. The van der Waals surface area contributed by atoms with E-state index in [4.69, 9.17) is 14.7 Å². The zero-order valence-electron chi connectivity index (χ0n) is 14.3. The molecule has 1 fully saturated rings. The van der Waals surface area contributed by atoms with Crippen LogP contribution in [-0.2, 0) is 20.9 Å². The van der Waals surface area contributed by atoms with Gasteiger partial charge in [0.1, 0.15) is 12.4 Å². The number of benzene rings is 2. The van der Waals surface area contributed by atoms with Crippen molar-refractivity contribution in [3.8, 4) is 11.8 Å². The fourth-order valence-electron chi connectivity index (χ4n) is 2.90. The Morgan fingerprint density at radius 3 is 2.65 bits per heavy atom. The Labute approximate surface area is 151 Å². The summed E-state index contributed by atoms with van der Waals surface area (Å²) < 4.78 is 10.6. The molecule has 1 aliphatic rings. The first kappa shape index (κ1) is 17.5. The molecule has 26 heavy (non-hydrogen) atoms. The molecule has 2 aromatic carbocycles. The summed E-state index contributed by atoms with van der Waals surface area (Å²) in [5, 5.41) is 8.79. The van der Waals surface area contributed by atoms with Crippen LogP contribution in [0.5, 0.6) is 5.75 Å². The van der Waals surface area contributed by atoms with E-state index in [2.05, 4.69) is 0 Å². The quantitative estimate of drug-likeness (QED) is 0.775. The minimum Gasteiger partial charge on any atom is -0.495 e. The van der Waals surface area contributed by atoms with Gasteiger partial charge >= 0.3 is 5.97 Å². The van der Waals surface area contributed by atoms with Crippen molar-refractivity contribution in [2.45, 2.75) is 13.0 Å². The molecule has 0 saturated carbocycles. The van der Waals surface area contributed by atoms with E-state index in [9.17, 15) is 9.59 Å². The van der Waals surface area contributed by atoms with Crippen molar-refractivity contribution in [3.05, 3.63) is 59.7 Å². The first-order chi connectivity index (χ1) is 12.6. The Hall–Kier alpha value is -3.33. The van der Waals surface area contributed by atoms with Crippen LogP contribution in [0, 0.1) is 17.2 Å². The van der Waals surface area contributed by atoms with Crippen LogP contribution in [-0.4, -0.2) is 25.5 Å². The van der Waals surface area contributed by atoms with Crippen molar-refractivity contribution in [3.63, 3.8) is 0 Å². The number of hydrogen-bond donors (Lipinski definition) is 0. The second-order valence-corrected chi connectivity index (χ2v) is 5.99. The molecule has 1 amide bonds. The van der Waals surface area contributed by atoms with Gasteiger partial charge in [-0.25, -0.2) is 0 Å². The molecule has 0 bridgehead atoms. The summed E-state index contributed by atoms with van der Waals surface area (Å²) >= 11 is 0. The number of carbonyl (C=O) groups is 2. The highest BCUT2D eigenvalue weighted by Crippen LogP contribution is 2.33. The SMILES string of the molecule is COc1ccccc1N1C[C@H](C(=O)OCc2ccc(C#N)cc2)CC1=O. The van der Waals surface area contributed by atoms with E-state index >= 15 is 0 Å². The summed E-state index contributed by atoms with van der Waals surface area (Å²) in [7, 11) is 1.54. The topological polar surface area (TPSA) is 79.6 Å². The third-order valence-electron chi connectivity index (χ3n) is 4.30. The number of methoxy groups -OCH3 is 1. The Morgan fingerprint density at radius 2 is 1.96 bits per heavy atom. The van der Waals surface area contributed by atoms with Gasteiger partial charge in [-0.3, -0.25) is 9.59 Å². The monoisotopic (exact) mass is 350 g/mol. The molecule has 0 aliphatic carbocycles. The minimum atomic E-state index is -0.509. The number of anilines is 1. The van der Waals surface area contributed by atoms with Gasteiger partial charge in [-0.15, -0.1) is 0 Å². The number of hydrogen-bond acceptors (Lipinski definition) is 5.